The lowest BCUT2D eigenvalue weighted by Gasteiger charge is -2.41. The molecule has 0 saturated carbocycles. The maximum Gasteiger partial charge on any atom is 0.226 e. The Bertz CT molecular complexity index is 1040. The average Bonchev–Trinajstić information content (AvgIpc) is 2.88. The van der Waals surface area contributed by atoms with Crippen LogP contribution in [0, 0.1) is 5.41 Å². The molecule has 0 unspecified atom stereocenters. The van der Waals surface area contributed by atoms with Crippen LogP contribution in [0.2, 0.25) is 0 Å². The summed E-state index contributed by atoms with van der Waals surface area (Å²) in [5.41, 5.74) is 1.69. The smallest absolute Gasteiger partial charge is 0.226 e. The van der Waals surface area contributed by atoms with Crippen molar-refractivity contribution in [1.29, 1.82) is 0 Å². The molecule has 3 aliphatic heterocycles. The maximum absolute atomic E-state index is 13.6. The molecule has 0 radical (unpaired) electrons. The zero-order valence-electron chi connectivity index (χ0n) is 20.3. The summed E-state index contributed by atoms with van der Waals surface area (Å²) < 4.78 is 11.5. The predicted molar refractivity (Wildman–Crippen MR) is 133 cm³/mol. The van der Waals surface area contributed by atoms with Crippen LogP contribution in [0.15, 0.2) is 48.5 Å². The Morgan fingerprint density at radius 1 is 0.943 bits per heavy atom. The molecule has 1 N–H and O–H groups in total. The van der Waals surface area contributed by atoms with Gasteiger partial charge in [0.1, 0.15) is 11.5 Å². The number of nitrogens with one attached hydrogen (secondary N) is 1. The number of morpholine rings is 1. The number of benzene rings is 2. The molecule has 0 aliphatic carbocycles. The van der Waals surface area contributed by atoms with Gasteiger partial charge in [-0.05, 0) is 61.1 Å². The summed E-state index contributed by atoms with van der Waals surface area (Å²) in [5, 5.41) is 3.21. The van der Waals surface area contributed by atoms with Gasteiger partial charge in [-0.15, -0.1) is 0 Å². The SMILES string of the molecule is O=C(CCN1CCOCC1)N1CCC2(CC1)Cc1cccc(c1)Oc1cccc(c1)CCNC2=O. The van der Waals surface area contributed by atoms with E-state index in [4.69, 9.17) is 9.47 Å². The second kappa shape index (κ2) is 10.8. The fourth-order valence-corrected chi connectivity index (χ4v) is 5.42. The van der Waals surface area contributed by atoms with Crippen molar-refractivity contribution >= 4 is 11.8 Å². The summed E-state index contributed by atoms with van der Waals surface area (Å²) in [6.07, 6.45) is 3.26. The minimum atomic E-state index is -0.522. The fraction of sp³-hybridized carbons (Fsp3) is 0.500. The molecule has 5 rings (SSSR count). The van der Waals surface area contributed by atoms with Gasteiger partial charge in [-0.1, -0.05) is 24.3 Å². The Labute approximate surface area is 207 Å². The Hall–Kier alpha value is -2.90. The van der Waals surface area contributed by atoms with Gasteiger partial charge in [-0.3, -0.25) is 14.5 Å². The number of carbonyl (C=O) groups excluding carboxylic acids is 2. The lowest BCUT2D eigenvalue weighted by molar-refractivity contribution is -0.140. The molecule has 4 bridgehead atoms. The number of ether oxygens (including phenoxy) is 2. The van der Waals surface area contributed by atoms with Crippen LogP contribution in [0.4, 0.5) is 0 Å². The Morgan fingerprint density at radius 3 is 2.37 bits per heavy atom. The summed E-state index contributed by atoms with van der Waals surface area (Å²) in [6, 6.07) is 16.1. The van der Waals surface area contributed by atoms with E-state index in [0.29, 0.717) is 45.3 Å². The van der Waals surface area contributed by atoms with Gasteiger partial charge < -0.3 is 19.7 Å². The van der Waals surface area contributed by atoms with Gasteiger partial charge in [0.25, 0.3) is 0 Å². The van der Waals surface area contributed by atoms with Crippen LogP contribution < -0.4 is 10.1 Å². The van der Waals surface area contributed by atoms with Crippen molar-refractivity contribution in [3.05, 3.63) is 59.7 Å². The Balaban J connectivity index is 1.28. The fourth-order valence-electron chi connectivity index (χ4n) is 5.42. The lowest BCUT2D eigenvalue weighted by atomic mass is 9.72. The van der Waals surface area contributed by atoms with Gasteiger partial charge in [0.15, 0.2) is 0 Å². The molecule has 0 aromatic heterocycles. The van der Waals surface area contributed by atoms with E-state index in [1.165, 1.54) is 0 Å². The third kappa shape index (κ3) is 5.85. The molecule has 2 saturated heterocycles. The zero-order chi connectivity index (χ0) is 24.1. The molecule has 2 fully saturated rings. The first kappa shape index (κ1) is 23.8. The highest BCUT2D eigenvalue weighted by atomic mass is 16.5. The van der Waals surface area contributed by atoms with Crippen LogP contribution in [-0.4, -0.2) is 74.1 Å². The van der Waals surface area contributed by atoms with Gasteiger partial charge in [0.05, 0.1) is 18.6 Å². The van der Waals surface area contributed by atoms with E-state index in [1.54, 1.807) is 0 Å². The Kier molecular flexibility index (Phi) is 7.35. The topological polar surface area (TPSA) is 71.1 Å². The van der Waals surface area contributed by atoms with E-state index in [9.17, 15) is 9.59 Å². The first-order valence-corrected chi connectivity index (χ1v) is 12.8. The number of fused-ring (bicyclic) bond motifs is 4. The van der Waals surface area contributed by atoms with Crippen molar-refractivity contribution in [3.63, 3.8) is 0 Å². The molecule has 7 heteroatoms. The van der Waals surface area contributed by atoms with Crippen molar-refractivity contribution in [3.8, 4) is 11.5 Å². The number of hydrogen-bond acceptors (Lipinski definition) is 5. The second-order valence-electron chi connectivity index (χ2n) is 9.94. The summed E-state index contributed by atoms with van der Waals surface area (Å²) in [4.78, 5) is 30.7. The summed E-state index contributed by atoms with van der Waals surface area (Å²) in [7, 11) is 0. The van der Waals surface area contributed by atoms with Gasteiger partial charge >= 0.3 is 0 Å². The Morgan fingerprint density at radius 2 is 1.63 bits per heavy atom. The van der Waals surface area contributed by atoms with Crippen LogP contribution in [-0.2, 0) is 27.2 Å². The van der Waals surface area contributed by atoms with Crippen molar-refractivity contribution in [2.75, 3.05) is 52.5 Å². The van der Waals surface area contributed by atoms with Gasteiger partial charge in [0.2, 0.25) is 11.8 Å². The van der Waals surface area contributed by atoms with Gasteiger partial charge in [0, 0.05) is 45.7 Å². The quantitative estimate of drug-likeness (QED) is 0.736. The van der Waals surface area contributed by atoms with Crippen molar-refractivity contribution in [2.24, 2.45) is 5.41 Å². The van der Waals surface area contributed by atoms with Crippen LogP contribution >= 0.6 is 0 Å². The average molecular weight is 478 g/mol. The normalized spacial score (nSPS) is 20.7. The summed E-state index contributed by atoms with van der Waals surface area (Å²) in [5.74, 6) is 1.87. The third-order valence-electron chi connectivity index (χ3n) is 7.57. The van der Waals surface area contributed by atoms with Crippen LogP contribution in [0.25, 0.3) is 0 Å². The molecule has 186 valence electrons. The number of rotatable bonds is 3. The standard InChI is InChI=1S/C28H35N3O4/c32-26(8-12-30-15-17-34-18-16-30)31-13-9-28(10-14-31)21-23-4-2-6-25(20-23)35-24-5-1-3-22(19-24)7-11-29-27(28)33/h1-6,19-20H,7-18,21H2,(H,29,33). The van der Waals surface area contributed by atoms with Crippen molar-refractivity contribution in [1.82, 2.24) is 15.1 Å². The highest BCUT2D eigenvalue weighted by molar-refractivity contribution is 5.84. The molecule has 7 nitrogen and oxygen atoms in total. The molecule has 1 spiro atoms. The van der Waals surface area contributed by atoms with Gasteiger partial charge in [-0.2, -0.15) is 0 Å². The zero-order valence-corrected chi connectivity index (χ0v) is 20.3. The maximum atomic E-state index is 13.6. The number of nitrogens with zero attached hydrogens (tertiary/aromatic N) is 2. The molecule has 2 amide bonds. The van der Waals surface area contributed by atoms with E-state index in [2.05, 4.69) is 22.3 Å². The van der Waals surface area contributed by atoms with Crippen LogP contribution in [0.1, 0.15) is 30.4 Å². The molecule has 2 aromatic carbocycles. The van der Waals surface area contributed by atoms with E-state index in [0.717, 1.165) is 61.9 Å². The molecular weight excluding hydrogens is 442 g/mol. The van der Waals surface area contributed by atoms with E-state index in [1.807, 2.05) is 41.3 Å². The number of amides is 2. The largest absolute Gasteiger partial charge is 0.457 e. The first-order chi connectivity index (χ1) is 17.1. The highest BCUT2D eigenvalue weighted by Crippen LogP contribution is 2.37. The second-order valence-corrected chi connectivity index (χ2v) is 9.94. The molecule has 3 aliphatic rings. The molecule has 35 heavy (non-hydrogen) atoms. The predicted octanol–water partition coefficient (Wildman–Crippen LogP) is 3.02. The van der Waals surface area contributed by atoms with E-state index < -0.39 is 5.41 Å². The minimum absolute atomic E-state index is 0.0969. The van der Waals surface area contributed by atoms with E-state index >= 15 is 0 Å². The lowest BCUT2D eigenvalue weighted by Crippen LogP contribution is -2.52. The third-order valence-corrected chi connectivity index (χ3v) is 7.57. The van der Waals surface area contributed by atoms with Crippen molar-refractivity contribution < 1.29 is 19.1 Å². The minimum Gasteiger partial charge on any atom is -0.457 e. The molecule has 3 heterocycles. The van der Waals surface area contributed by atoms with Crippen molar-refractivity contribution in [2.45, 2.75) is 32.1 Å². The molecule has 2 aromatic rings. The highest BCUT2D eigenvalue weighted by Gasteiger charge is 2.42. The van der Waals surface area contributed by atoms with Crippen LogP contribution in [0.5, 0.6) is 11.5 Å². The molecular formula is C28H35N3O4. The number of carbonyl (C=O) groups is 2. The van der Waals surface area contributed by atoms with E-state index in [-0.39, 0.29) is 11.8 Å². The first-order valence-electron chi connectivity index (χ1n) is 12.8. The van der Waals surface area contributed by atoms with Gasteiger partial charge in [-0.25, -0.2) is 0 Å². The van der Waals surface area contributed by atoms with Crippen LogP contribution in [0.3, 0.4) is 0 Å². The monoisotopic (exact) mass is 477 g/mol. The summed E-state index contributed by atoms with van der Waals surface area (Å²) >= 11 is 0. The number of piperidine rings is 1. The number of likely N-dealkylation sites (tertiary alicyclic amines) is 1. The number of hydrogen-bond donors (Lipinski definition) is 1. The molecule has 0 atom stereocenters. The summed E-state index contributed by atoms with van der Waals surface area (Å²) in [6.45, 7) is 5.87.